The first kappa shape index (κ1) is 12.6. The number of nitrogens with zero attached hydrogens (tertiary/aromatic N) is 2. The van der Waals surface area contributed by atoms with Gasteiger partial charge in [-0.05, 0) is 29.3 Å². The maximum atomic E-state index is 13.3. The van der Waals surface area contributed by atoms with Crippen LogP contribution in [0, 0.1) is 5.82 Å². The number of alkyl halides is 2. The molecule has 2 N–H and O–H groups in total. The largest absolute Gasteiger partial charge is 0.326 e. The molecule has 0 amide bonds. The van der Waals surface area contributed by atoms with Crippen LogP contribution < -0.4 is 5.73 Å². The van der Waals surface area contributed by atoms with E-state index in [0.717, 1.165) is 4.68 Å². The Hall–Kier alpha value is -1.82. The summed E-state index contributed by atoms with van der Waals surface area (Å²) in [5.41, 5.74) is 7.26. The van der Waals surface area contributed by atoms with Gasteiger partial charge in [0.15, 0.2) is 0 Å². The molecule has 18 heavy (non-hydrogen) atoms. The molecule has 0 aliphatic heterocycles. The lowest BCUT2D eigenvalue weighted by atomic mass is 10.1. The Morgan fingerprint density at radius 1 is 1.22 bits per heavy atom. The molecule has 2 aromatic rings. The van der Waals surface area contributed by atoms with Gasteiger partial charge in [-0.15, -0.1) is 0 Å². The van der Waals surface area contributed by atoms with E-state index in [1.54, 1.807) is 6.07 Å². The highest BCUT2D eigenvalue weighted by molar-refractivity contribution is 5.62. The van der Waals surface area contributed by atoms with Crippen molar-refractivity contribution in [2.45, 2.75) is 19.5 Å². The van der Waals surface area contributed by atoms with Gasteiger partial charge in [0.25, 0.3) is 6.43 Å². The van der Waals surface area contributed by atoms with E-state index < -0.39 is 18.8 Å². The molecule has 2 rings (SSSR count). The first-order chi connectivity index (χ1) is 8.58. The summed E-state index contributed by atoms with van der Waals surface area (Å²) in [4.78, 5) is 0. The fourth-order valence-electron chi connectivity index (χ4n) is 1.69. The van der Waals surface area contributed by atoms with E-state index in [2.05, 4.69) is 5.10 Å². The highest BCUT2D eigenvalue weighted by Gasteiger charge is 2.08. The summed E-state index contributed by atoms with van der Waals surface area (Å²) >= 11 is 0. The van der Waals surface area contributed by atoms with Crippen LogP contribution in [-0.2, 0) is 13.1 Å². The molecule has 96 valence electrons. The van der Waals surface area contributed by atoms with Crippen molar-refractivity contribution in [3.8, 4) is 11.1 Å². The molecule has 6 heteroatoms. The normalized spacial score (nSPS) is 11.2. The average molecular weight is 255 g/mol. The minimum atomic E-state index is -2.47. The number of halogens is 3. The van der Waals surface area contributed by atoms with Crippen molar-refractivity contribution >= 4 is 0 Å². The number of nitrogens with two attached hydrogens (primary N) is 1. The molecule has 0 bridgehead atoms. The molecule has 0 unspecified atom stereocenters. The zero-order chi connectivity index (χ0) is 13.1. The fraction of sp³-hybridized carbons (Fsp3) is 0.250. The summed E-state index contributed by atoms with van der Waals surface area (Å²) < 4.78 is 38.8. The van der Waals surface area contributed by atoms with E-state index in [9.17, 15) is 13.2 Å². The lowest BCUT2D eigenvalue weighted by Crippen LogP contribution is -2.06. The van der Waals surface area contributed by atoms with Crippen LogP contribution in [0.5, 0.6) is 0 Å². The molecule has 0 spiro atoms. The SMILES string of the molecule is NCc1cc(F)cc(-c2cnn(CC(F)F)c2)c1. The maximum absolute atomic E-state index is 13.3. The van der Waals surface area contributed by atoms with Crippen molar-refractivity contribution in [1.29, 1.82) is 0 Å². The summed E-state index contributed by atoms with van der Waals surface area (Å²) in [6.45, 7) is -0.255. The van der Waals surface area contributed by atoms with Crippen molar-refractivity contribution in [2.75, 3.05) is 0 Å². The van der Waals surface area contributed by atoms with Crippen LogP contribution in [0.2, 0.25) is 0 Å². The van der Waals surface area contributed by atoms with E-state index in [4.69, 9.17) is 5.73 Å². The quantitative estimate of drug-likeness (QED) is 0.911. The van der Waals surface area contributed by atoms with E-state index >= 15 is 0 Å². The molecule has 1 aromatic heterocycles. The first-order valence-corrected chi connectivity index (χ1v) is 5.39. The Bertz CT molecular complexity index is 537. The van der Waals surface area contributed by atoms with Gasteiger partial charge in [-0.1, -0.05) is 0 Å². The van der Waals surface area contributed by atoms with Crippen molar-refractivity contribution in [2.24, 2.45) is 5.73 Å². The molecule has 0 saturated heterocycles. The van der Waals surface area contributed by atoms with E-state index in [1.807, 2.05) is 0 Å². The smallest absolute Gasteiger partial charge is 0.257 e. The van der Waals surface area contributed by atoms with E-state index in [-0.39, 0.29) is 6.54 Å². The summed E-state index contributed by atoms with van der Waals surface area (Å²) in [7, 11) is 0. The third-order valence-corrected chi connectivity index (χ3v) is 2.48. The van der Waals surface area contributed by atoms with Crippen molar-refractivity contribution in [3.05, 3.63) is 42.0 Å². The number of benzene rings is 1. The lowest BCUT2D eigenvalue weighted by molar-refractivity contribution is 0.122. The third kappa shape index (κ3) is 2.89. The van der Waals surface area contributed by atoms with Gasteiger partial charge in [-0.25, -0.2) is 13.2 Å². The van der Waals surface area contributed by atoms with Gasteiger partial charge in [0.2, 0.25) is 0 Å². The van der Waals surface area contributed by atoms with E-state index in [1.165, 1.54) is 24.5 Å². The van der Waals surface area contributed by atoms with Crippen LogP contribution in [0.1, 0.15) is 5.56 Å². The molecule has 0 aliphatic carbocycles. The average Bonchev–Trinajstić information content (AvgIpc) is 2.75. The van der Waals surface area contributed by atoms with Crippen molar-refractivity contribution in [1.82, 2.24) is 9.78 Å². The topological polar surface area (TPSA) is 43.8 Å². The Kier molecular flexibility index (Phi) is 3.66. The Morgan fingerprint density at radius 2 is 2.00 bits per heavy atom. The zero-order valence-electron chi connectivity index (χ0n) is 9.48. The Labute approximate surface area is 102 Å². The van der Waals surface area contributed by atoms with Gasteiger partial charge in [0.05, 0.1) is 6.20 Å². The standard InChI is InChI=1S/C12H12F3N3/c13-11-2-8(4-16)1-9(3-11)10-5-17-18(6-10)7-12(14)15/h1-3,5-6,12H,4,7,16H2. The molecular formula is C12H12F3N3. The molecule has 0 saturated carbocycles. The number of hydrogen-bond acceptors (Lipinski definition) is 2. The molecule has 0 aliphatic rings. The second-order valence-corrected chi connectivity index (χ2v) is 3.89. The van der Waals surface area contributed by atoms with Gasteiger partial charge >= 0.3 is 0 Å². The predicted molar refractivity (Wildman–Crippen MR) is 61.5 cm³/mol. The van der Waals surface area contributed by atoms with Crippen LogP contribution in [0.4, 0.5) is 13.2 Å². The number of aromatic nitrogens is 2. The van der Waals surface area contributed by atoms with Crippen LogP contribution in [-0.4, -0.2) is 16.2 Å². The molecule has 0 fully saturated rings. The van der Waals surface area contributed by atoms with Crippen LogP contribution in [0.3, 0.4) is 0 Å². The first-order valence-electron chi connectivity index (χ1n) is 5.39. The van der Waals surface area contributed by atoms with Crippen LogP contribution in [0.25, 0.3) is 11.1 Å². The second-order valence-electron chi connectivity index (χ2n) is 3.89. The summed E-state index contributed by atoms with van der Waals surface area (Å²) in [6.07, 6.45) is 0.420. The molecule has 3 nitrogen and oxygen atoms in total. The van der Waals surface area contributed by atoms with Gasteiger partial charge in [0.1, 0.15) is 12.4 Å². The molecule has 0 atom stereocenters. The molecular weight excluding hydrogens is 243 g/mol. The fourth-order valence-corrected chi connectivity index (χ4v) is 1.69. The van der Waals surface area contributed by atoms with Crippen molar-refractivity contribution in [3.63, 3.8) is 0 Å². The Balaban J connectivity index is 2.30. The van der Waals surface area contributed by atoms with E-state index in [0.29, 0.717) is 16.7 Å². The lowest BCUT2D eigenvalue weighted by Gasteiger charge is -2.02. The summed E-state index contributed by atoms with van der Waals surface area (Å²) in [5, 5.41) is 3.80. The van der Waals surface area contributed by atoms with Crippen molar-refractivity contribution < 1.29 is 13.2 Å². The monoisotopic (exact) mass is 255 g/mol. The summed E-state index contributed by atoms with van der Waals surface area (Å²) in [5.74, 6) is -0.408. The predicted octanol–water partition coefficient (Wildman–Crippen LogP) is 2.41. The van der Waals surface area contributed by atoms with Gasteiger partial charge in [0, 0.05) is 18.3 Å². The highest BCUT2D eigenvalue weighted by Crippen LogP contribution is 2.21. The highest BCUT2D eigenvalue weighted by atomic mass is 19.3. The zero-order valence-corrected chi connectivity index (χ0v) is 9.48. The van der Waals surface area contributed by atoms with Gasteiger partial charge in [-0.2, -0.15) is 5.10 Å². The third-order valence-electron chi connectivity index (χ3n) is 2.48. The minimum absolute atomic E-state index is 0.218. The Morgan fingerprint density at radius 3 is 2.67 bits per heavy atom. The van der Waals surface area contributed by atoms with Crippen LogP contribution >= 0.6 is 0 Å². The number of hydrogen-bond donors (Lipinski definition) is 1. The van der Waals surface area contributed by atoms with Crippen LogP contribution in [0.15, 0.2) is 30.6 Å². The number of rotatable bonds is 4. The molecule has 0 radical (unpaired) electrons. The van der Waals surface area contributed by atoms with Gasteiger partial charge < -0.3 is 5.73 Å². The second kappa shape index (κ2) is 5.22. The summed E-state index contributed by atoms with van der Waals surface area (Å²) in [6, 6.07) is 4.38. The molecule has 1 heterocycles. The minimum Gasteiger partial charge on any atom is -0.326 e. The molecule has 1 aromatic carbocycles. The maximum Gasteiger partial charge on any atom is 0.257 e. The van der Waals surface area contributed by atoms with Gasteiger partial charge in [-0.3, -0.25) is 4.68 Å².